The van der Waals surface area contributed by atoms with Crippen LogP contribution in [0, 0.1) is 6.92 Å². The lowest BCUT2D eigenvalue weighted by Gasteiger charge is -2.19. The van der Waals surface area contributed by atoms with Crippen LogP contribution in [-0.4, -0.2) is 43.8 Å². The Morgan fingerprint density at radius 1 is 1.25 bits per heavy atom. The van der Waals surface area contributed by atoms with Crippen LogP contribution in [0.4, 0.5) is 5.82 Å². The summed E-state index contributed by atoms with van der Waals surface area (Å²) < 4.78 is 7.34. The van der Waals surface area contributed by atoms with Gasteiger partial charge in [0.2, 0.25) is 0 Å². The van der Waals surface area contributed by atoms with E-state index >= 15 is 0 Å². The standard InChI is InChI=1S/C16H19N7O/c1-10-20-16(24-21-10)11-4-3-5-18-15(11)23-8-12(13(17)9-23)14-19-6-7-22(14)2/h3-7,12-13H,8-9,17H2,1-2H3/t12-,13-/m1/s1. The van der Waals surface area contributed by atoms with Crippen molar-refractivity contribution in [3.63, 3.8) is 0 Å². The van der Waals surface area contributed by atoms with E-state index in [1.54, 1.807) is 19.3 Å². The molecule has 0 aromatic carbocycles. The van der Waals surface area contributed by atoms with Gasteiger partial charge in [0, 0.05) is 44.8 Å². The van der Waals surface area contributed by atoms with E-state index in [4.69, 9.17) is 10.3 Å². The molecule has 8 heteroatoms. The lowest BCUT2D eigenvalue weighted by atomic mass is 10.0. The Morgan fingerprint density at radius 2 is 2.12 bits per heavy atom. The molecule has 1 fully saturated rings. The van der Waals surface area contributed by atoms with Gasteiger partial charge in [0.15, 0.2) is 5.82 Å². The summed E-state index contributed by atoms with van der Waals surface area (Å²) in [7, 11) is 1.99. The molecule has 0 aliphatic carbocycles. The molecule has 124 valence electrons. The highest BCUT2D eigenvalue weighted by atomic mass is 16.5. The molecule has 4 rings (SSSR count). The lowest BCUT2D eigenvalue weighted by Crippen LogP contribution is -2.30. The SMILES string of the molecule is Cc1noc(-c2cccnc2N2C[C@@H](N)[C@H](c3nccn3C)C2)n1. The van der Waals surface area contributed by atoms with Gasteiger partial charge in [-0.15, -0.1) is 0 Å². The molecule has 1 aliphatic rings. The third-order valence-corrected chi connectivity index (χ3v) is 4.40. The maximum Gasteiger partial charge on any atom is 0.261 e. The molecule has 3 aromatic heterocycles. The molecule has 1 saturated heterocycles. The number of anilines is 1. The number of hydrogen-bond donors (Lipinski definition) is 1. The zero-order valence-corrected chi connectivity index (χ0v) is 13.6. The average Bonchev–Trinajstić information content (AvgIpc) is 3.28. The van der Waals surface area contributed by atoms with Gasteiger partial charge in [-0.2, -0.15) is 4.98 Å². The van der Waals surface area contributed by atoms with Gasteiger partial charge in [0.05, 0.1) is 11.5 Å². The molecule has 0 bridgehead atoms. The van der Waals surface area contributed by atoms with Crippen molar-refractivity contribution in [2.45, 2.75) is 18.9 Å². The Hall–Kier alpha value is -2.74. The summed E-state index contributed by atoms with van der Waals surface area (Å²) in [6.45, 7) is 3.25. The maximum atomic E-state index is 6.39. The summed E-state index contributed by atoms with van der Waals surface area (Å²) in [6.07, 6.45) is 5.51. The van der Waals surface area contributed by atoms with E-state index in [-0.39, 0.29) is 12.0 Å². The average molecular weight is 325 g/mol. The molecule has 0 unspecified atom stereocenters. The minimum atomic E-state index is -0.00891. The van der Waals surface area contributed by atoms with Crippen LogP contribution in [0.3, 0.4) is 0 Å². The highest BCUT2D eigenvalue weighted by Crippen LogP contribution is 2.33. The lowest BCUT2D eigenvalue weighted by molar-refractivity contribution is 0.425. The summed E-state index contributed by atoms with van der Waals surface area (Å²) >= 11 is 0. The highest BCUT2D eigenvalue weighted by molar-refractivity contribution is 5.70. The van der Waals surface area contributed by atoms with Crippen molar-refractivity contribution in [2.24, 2.45) is 12.8 Å². The molecule has 2 N–H and O–H groups in total. The molecule has 24 heavy (non-hydrogen) atoms. The van der Waals surface area contributed by atoms with Crippen molar-refractivity contribution in [2.75, 3.05) is 18.0 Å². The maximum absolute atomic E-state index is 6.39. The van der Waals surface area contributed by atoms with Gasteiger partial charge in [-0.3, -0.25) is 0 Å². The van der Waals surface area contributed by atoms with Crippen LogP contribution in [0.1, 0.15) is 17.6 Å². The minimum Gasteiger partial charge on any atom is -0.354 e. The zero-order valence-electron chi connectivity index (χ0n) is 13.6. The summed E-state index contributed by atoms with van der Waals surface area (Å²) in [4.78, 5) is 15.5. The number of aromatic nitrogens is 5. The molecule has 0 amide bonds. The zero-order chi connectivity index (χ0) is 16.7. The van der Waals surface area contributed by atoms with Crippen molar-refractivity contribution in [1.29, 1.82) is 0 Å². The molecule has 4 heterocycles. The van der Waals surface area contributed by atoms with Crippen LogP contribution >= 0.6 is 0 Å². The molecule has 0 saturated carbocycles. The van der Waals surface area contributed by atoms with Crippen LogP contribution in [0.25, 0.3) is 11.5 Å². The fourth-order valence-corrected chi connectivity index (χ4v) is 3.23. The van der Waals surface area contributed by atoms with Crippen molar-refractivity contribution in [3.05, 3.63) is 42.4 Å². The molecule has 2 atom stereocenters. The van der Waals surface area contributed by atoms with Gasteiger partial charge in [-0.05, 0) is 19.1 Å². The monoisotopic (exact) mass is 325 g/mol. The first kappa shape index (κ1) is 14.8. The third kappa shape index (κ3) is 2.44. The molecular weight excluding hydrogens is 306 g/mol. The van der Waals surface area contributed by atoms with E-state index in [9.17, 15) is 0 Å². The van der Waals surface area contributed by atoms with Crippen molar-refractivity contribution < 1.29 is 4.52 Å². The molecule has 8 nitrogen and oxygen atoms in total. The first-order chi connectivity index (χ1) is 11.6. The number of imidazole rings is 1. The predicted octanol–water partition coefficient (Wildman–Crippen LogP) is 1.10. The van der Waals surface area contributed by atoms with Crippen LogP contribution in [0.2, 0.25) is 0 Å². The van der Waals surface area contributed by atoms with Gasteiger partial charge in [-0.1, -0.05) is 5.16 Å². The van der Waals surface area contributed by atoms with Crippen molar-refractivity contribution in [1.82, 2.24) is 24.7 Å². The fourth-order valence-electron chi connectivity index (χ4n) is 3.23. The molecular formula is C16H19N7O. The number of rotatable bonds is 3. The van der Waals surface area contributed by atoms with Crippen LogP contribution in [-0.2, 0) is 7.05 Å². The topological polar surface area (TPSA) is 98.9 Å². The molecule has 0 radical (unpaired) electrons. The Bertz CT molecular complexity index is 855. The van der Waals surface area contributed by atoms with Crippen molar-refractivity contribution >= 4 is 5.82 Å². The second-order valence-electron chi connectivity index (χ2n) is 6.09. The smallest absolute Gasteiger partial charge is 0.261 e. The fraction of sp³-hybridized carbons (Fsp3) is 0.375. The van der Waals surface area contributed by atoms with Gasteiger partial charge < -0.3 is 19.7 Å². The van der Waals surface area contributed by atoms with Crippen LogP contribution in [0.5, 0.6) is 0 Å². The summed E-state index contributed by atoms with van der Waals surface area (Å²) in [5.41, 5.74) is 7.21. The van der Waals surface area contributed by atoms with E-state index in [1.165, 1.54) is 0 Å². The quantitative estimate of drug-likeness (QED) is 0.770. The Balaban J connectivity index is 1.67. The second kappa shape index (κ2) is 5.72. The summed E-state index contributed by atoms with van der Waals surface area (Å²) in [6, 6.07) is 3.80. The summed E-state index contributed by atoms with van der Waals surface area (Å²) in [5.74, 6) is 3.04. The van der Waals surface area contributed by atoms with E-state index in [2.05, 4.69) is 25.0 Å². The number of nitrogens with two attached hydrogens (primary N) is 1. The Kier molecular flexibility index (Phi) is 3.53. The number of pyridine rings is 1. The minimum absolute atomic E-state index is 0.00891. The first-order valence-electron chi connectivity index (χ1n) is 7.87. The molecule has 1 aliphatic heterocycles. The highest BCUT2D eigenvalue weighted by Gasteiger charge is 2.35. The number of aryl methyl sites for hydroxylation is 2. The third-order valence-electron chi connectivity index (χ3n) is 4.40. The number of hydrogen-bond acceptors (Lipinski definition) is 7. The van der Waals surface area contributed by atoms with E-state index in [0.29, 0.717) is 18.3 Å². The van der Waals surface area contributed by atoms with Gasteiger partial charge in [0.1, 0.15) is 11.6 Å². The normalized spacial score (nSPS) is 20.7. The van der Waals surface area contributed by atoms with Crippen LogP contribution in [0.15, 0.2) is 35.2 Å². The number of nitrogens with zero attached hydrogens (tertiary/aromatic N) is 6. The van der Waals surface area contributed by atoms with E-state index in [1.807, 2.05) is 29.9 Å². The van der Waals surface area contributed by atoms with E-state index in [0.717, 1.165) is 23.8 Å². The summed E-state index contributed by atoms with van der Waals surface area (Å²) in [5, 5.41) is 3.87. The van der Waals surface area contributed by atoms with E-state index < -0.39 is 0 Å². The Labute approximate surface area is 139 Å². The molecule has 0 spiro atoms. The second-order valence-corrected chi connectivity index (χ2v) is 6.09. The van der Waals surface area contributed by atoms with Gasteiger partial charge in [0.25, 0.3) is 5.89 Å². The van der Waals surface area contributed by atoms with Gasteiger partial charge in [-0.25, -0.2) is 9.97 Å². The van der Waals surface area contributed by atoms with Crippen molar-refractivity contribution in [3.8, 4) is 11.5 Å². The largest absolute Gasteiger partial charge is 0.354 e. The Morgan fingerprint density at radius 3 is 2.83 bits per heavy atom. The predicted molar refractivity (Wildman–Crippen MR) is 88.4 cm³/mol. The molecule has 3 aromatic rings. The van der Waals surface area contributed by atoms with Crippen LogP contribution < -0.4 is 10.6 Å². The van der Waals surface area contributed by atoms with Gasteiger partial charge >= 0.3 is 0 Å². The first-order valence-corrected chi connectivity index (χ1v) is 7.87.